The van der Waals surface area contributed by atoms with Gasteiger partial charge in [0.1, 0.15) is 0 Å². The van der Waals surface area contributed by atoms with Crippen molar-refractivity contribution in [2.45, 2.75) is 75.4 Å². The van der Waals surface area contributed by atoms with Crippen molar-refractivity contribution >= 4 is 23.5 Å². The van der Waals surface area contributed by atoms with Gasteiger partial charge >= 0.3 is 0 Å². The third kappa shape index (κ3) is 5.89. The van der Waals surface area contributed by atoms with Crippen LogP contribution in [-0.4, -0.2) is 33.2 Å². The van der Waals surface area contributed by atoms with Gasteiger partial charge in [-0.2, -0.15) is 23.5 Å². The van der Waals surface area contributed by atoms with E-state index in [1.165, 1.54) is 50.0 Å². The van der Waals surface area contributed by atoms with Gasteiger partial charge in [0.15, 0.2) is 0 Å². The number of hydrogen-bond acceptors (Lipinski definition) is 3. The Labute approximate surface area is 116 Å². The Balaban J connectivity index is 2.18. The molecule has 102 valence electrons. The summed E-state index contributed by atoms with van der Waals surface area (Å²) >= 11 is 4.07. The summed E-state index contributed by atoms with van der Waals surface area (Å²) in [6, 6.07) is 0. The van der Waals surface area contributed by atoms with E-state index < -0.39 is 0 Å². The van der Waals surface area contributed by atoms with Crippen LogP contribution in [0.5, 0.6) is 0 Å². The third-order valence-corrected chi connectivity index (χ3v) is 6.87. The van der Waals surface area contributed by atoms with Crippen LogP contribution in [-0.2, 0) is 0 Å². The number of rotatable bonds is 8. The molecule has 1 aliphatic heterocycles. The number of hydrogen-bond donors (Lipinski definition) is 1. The van der Waals surface area contributed by atoms with Gasteiger partial charge < -0.3 is 5.11 Å². The van der Waals surface area contributed by atoms with Crippen LogP contribution in [0.1, 0.15) is 58.8 Å². The zero-order valence-corrected chi connectivity index (χ0v) is 13.0. The molecule has 0 aromatic carbocycles. The summed E-state index contributed by atoms with van der Waals surface area (Å²) in [5.74, 6) is 2.49. The Morgan fingerprint density at radius 1 is 1.06 bits per heavy atom. The highest BCUT2D eigenvalue weighted by Gasteiger charge is 2.30. The fraction of sp³-hybridized carbons (Fsp3) is 1.00. The van der Waals surface area contributed by atoms with Crippen LogP contribution in [0.2, 0.25) is 0 Å². The van der Waals surface area contributed by atoms with Crippen molar-refractivity contribution in [3.63, 3.8) is 0 Å². The topological polar surface area (TPSA) is 20.2 Å². The Morgan fingerprint density at radius 2 is 1.76 bits per heavy atom. The molecule has 0 aromatic heterocycles. The SMILES string of the molecule is CCCCCCCC(O)C1SCCSC1CC. The highest BCUT2D eigenvalue weighted by molar-refractivity contribution is 8.07. The van der Waals surface area contributed by atoms with E-state index in [4.69, 9.17) is 0 Å². The first-order chi connectivity index (χ1) is 8.29. The summed E-state index contributed by atoms with van der Waals surface area (Å²) in [4.78, 5) is 0. The quantitative estimate of drug-likeness (QED) is 0.666. The maximum atomic E-state index is 10.3. The Hall–Kier alpha value is 0.660. The lowest BCUT2D eigenvalue weighted by Gasteiger charge is -2.33. The van der Waals surface area contributed by atoms with Crippen molar-refractivity contribution in [3.05, 3.63) is 0 Å². The minimum absolute atomic E-state index is 0.0700. The second-order valence-corrected chi connectivity index (χ2v) is 7.56. The second-order valence-electron chi connectivity index (χ2n) is 4.92. The molecule has 17 heavy (non-hydrogen) atoms. The molecular formula is C14H28OS2. The Morgan fingerprint density at radius 3 is 2.47 bits per heavy atom. The highest BCUT2D eigenvalue weighted by Crippen LogP contribution is 2.36. The molecule has 1 N–H and O–H groups in total. The third-order valence-electron chi connectivity index (χ3n) is 3.48. The highest BCUT2D eigenvalue weighted by atomic mass is 32.2. The van der Waals surface area contributed by atoms with Crippen LogP contribution >= 0.6 is 23.5 Å². The summed E-state index contributed by atoms with van der Waals surface area (Å²) in [6.45, 7) is 4.50. The van der Waals surface area contributed by atoms with E-state index in [-0.39, 0.29) is 6.10 Å². The number of aliphatic hydroxyl groups excluding tert-OH is 1. The van der Waals surface area contributed by atoms with Crippen LogP contribution in [0, 0.1) is 0 Å². The summed E-state index contributed by atoms with van der Waals surface area (Å²) < 4.78 is 0. The fourth-order valence-electron chi connectivity index (χ4n) is 2.42. The maximum Gasteiger partial charge on any atom is 0.0669 e. The molecule has 1 nitrogen and oxygen atoms in total. The molecule has 1 heterocycles. The zero-order valence-electron chi connectivity index (χ0n) is 11.4. The average molecular weight is 277 g/mol. The van der Waals surface area contributed by atoms with Gasteiger partial charge in [-0.05, 0) is 12.8 Å². The molecule has 1 rings (SSSR count). The van der Waals surface area contributed by atoms with Crippen molar-refractivity contribution in [3.8, 4) is 0 Å². The van der Waals surface area contributed by atoms with Gasteiger partial charge in [-0.25, -0.2) is 0 Å². The second kappa shape index (κ2) is 9.57. The van der Waals surface area contributed by atoms with Gasteiger partial charge in [0, 0.05) is 22.0 Å². The lowest BCUT2D eigenvalue weighted by atomic mass is 10.0. The van der Waals surface area contributed by atoms with E-state index in [2.05, 4.69) is 25.6 Å². The molecule has 3 unspecified atom stereocenters. The van der Waals surface area contributed by atoms with Gasteiger partial charge in [0.2, 0.25) is 0 Å². The Bertz CT molecular complexity index is 187. The average Bonchev–Trinajstić information content (AvgIpc) is 2.38. The molecular weight excluding hydrogens is 248 g/mol. The normalized spacial score (nSPS) is 27.0. The van der Waals surface area contributed by atoms with Crippen molar-refractivity contribution in [2.75, 3.05) is 11.5 Å². The van der Waals surface area contributed by atoms with Gasteiger partial charge in [0.05, 0.1) is 6.10 Å². The van der Waals surface area contributed by atoms with Crippen LogP contribution in [0.25, 0.3) is 0 Å². The first-order valence-corrected chi connectivity index (χ1v) is 9.30. The monoisotopic (exact) mass is 276 g/mol. The first-order valence-electron chi connectivity index (χ1n) is 7.20. The maximum absolute atomic E-state index is 10.3. The van der Waals surface area contributed by atoms with E-state index in [1.54, 1.807) is 0 Å². The van der Waals surface area contributed by atoms with E-state index in [9.17, 15) is 5.11 Å². The van der Waals surface area contributed by atoms with Crippen molar-refractivity contribution in [2.24, 2.45) is 0 Å². The molecule has 0 spiro atoms. The van der Waals surface area contributed by atoms with Crippen molar-refractivity contribution in [1.82, 2.24) is 0 Å². The fourth-order valence-corrected chi connectivity index (χ4v) is 5.60. The van der Waals surface area contributed by atoms with E-state index in [1.807, 2.05) is 11.8 Å². The van der Waals surface area contributed by atoms with Crippen LogP contribution in [0.15, 0.2) is 0 Å². The summed E-state index contributed by atoms with van der Waals surface area (Å²) in [6.07, 6.45) is 8.64. The van der Waals surface area contributed by atoms with Gasteiger partial charge in [-0.1, -0.05) is 46.0 Å². The molecule has 0 bridgehead atoms. The summed E-state index contributed by atoms with van der Waals surface area (Å²) in [5.41, 5.74) is 0. The molecule has 0 radical (unpaired) electrons. The predicted molar refractivity (Wildman–Crippen MR) is 82.2 cm³/mol. The molecule has 0 aliphatic carbocycles. The Kier molecular flexibility index (Phi) is 8.85. The predicted octanol–water partition coefficient (Wildman–Crippen LogP) is 4.34. The molecule has 0 aromatic rings. The number of aliphatic hydroxyl groups is 1. The lowest BCUT2D eigenvalue weighted by Crippen LogP contribution is -2.36. The van der Waals surface area contributed by atoms with Gasteiger partial charge in [-0.3, -0.25) is 0 Å². The minimum atomic E-state index is -0.0700. The molecule has 3 heteroatoms. The smallest absolute Gasteiger partial charge is 0.0669 e. The molecule has 1 saturated heterocycles. The number of thioether (sulfide) groups is 2. The lowest BCUT2D eigenvalue weighted by molar-refractivity contribution is 0.155. The molecule has 1 aliphatic rings. The van der Waals surface area contributed by atoms with Crippen LogP contribution in [0.4, 0.5) is 0 Å². The van der Waals surface area contributed by atoms with E-state index in [0.29, 0.717) is 10.5 Å². The largest absolute Gasteiger partial charge is 0.392 e. The molecule has 1 fully saturated rings. The van der Waals surface area contributed by atoms with Gasteiger partial charge in [-0.15, -0.1) is 0 Å². The van der Waals surface area contributed by atoms with E-state index in [0.717, 1.165) is 6.42 Å². The van der Waals surface area contributed by atoms with Crippen LogP contribution in [0.3, 0.4) is 0 Å². The van der Waals surface area contributed by atoms with Crippen molar-refractivity contribution in [1.29, 1.82) is 0 Å². The zero-order chi connectivity index (χ0) is 12.5. The molecule has 0 amide bonds. The summed E-state index contributed by atoms with van der Waals surface area (Å²) in [7, 11) is 0. The van der Waals surface area contributed by atoms with Crippen LogP contribution < -0.4 is 0 Å². The summed E-state index contributed by atoms with van der Waals surface area (Å²) in [5, 5.41) is 11.5. The number of unbranched alkanes of at least 4 members (excludes halogenated alkanes) is 4. The van der Waals surface area contributed by atoms with E-state index >= 15 is 0 Å². The standard InChI is InChI=1S/C14H28OS2/c1-3-5-6-7-8-9-12(15)14-13(4-2)16-10-11-17-14/h12-15H,3-11H2,1-2H3. The molecule has 0 saturated carbocycles. The minimum Gasteiger partial charge on any atom is -0.392 e. The van der Waals surface area contributed by atoms with Crippen molar-refractivity contribution < 1.29 is 5.11 Å². The van der Waals surface area contributed by atoms with Gasteiger partial charge in [0.25, 0.3) is 0 Å². The molecule has 3 atom stereocenters. The first kappa shape index (κ1) is 15.7.